The van der Waals surface area contributed by atoms with E-state index < -0.39 is 11.6 Å². The number of amides is 1. The Balaban J connectivity index is 1.39. The van der Waals surface area contributed by atoms with Crippen LogP contribution in [0.2, 0.25) is 0 Å². The van der Waals surface area contributed by atoms with Crippen molar-refractivity contribution < 1.29 is 18.3 Å². The Morgan fingerprint density at radius 2 is 1.84 bits per heavy atom. The van der Waals surface area contributed by atoms with Crippen molar-refractivity contribution in [3.05, 3.63) is 35.4 Å². The summed E-state index contributed by atoms with van der Waals surface area (Å²) in [7, 11) is 0. The molecule has 4 nitrogen and oxygen atoms in total. The average Bonchev–Trinajstić information content (AvgIpc) is 2.61. The first-order valence-corrected chi connectivity index (χ1v) is 9.13. The van der Waals surface area contributed by atoms with Crippen molar-refractivity contribution in [3.63, 3.8) is 0 Å². The van der Waals surface area contributed by atoms with E-state index in [1.165, 1.54) is 12.1 Å². The summed E-state index contributed by atoms with van der Waals surface area (Å²) >= 11 is 0. The molecule has 0 spiro atoms. The van der Waals surface area contributed by atoms with Crippen molar-refractivity contribution >= 4 is 5.91 Å². The van der Waals surface area contributed by atoms with E-state index in [2.05, 4.69) is 10.2 Å². The van der Waals surface area contributed by atoms with Gasteiger partial charge >= 0.3 is 0 Å². The van der Waals surface area contributed by atoms with Crippen molar-refractivity contribution in [2.24, 2.45) is 5.92 Å². The van der Waals surface area contributed by atoms with Gasteiger partial charge in [-0.05, 0) is 62.4 Å². The van der Waals surface area contributed by atoms with Crippen molar-refractivity contribution in [1.29, 1.82) is 0 Å². The molecule has 2 saturated heterocycles. The number of rotatable bonds is 5. The molecule has 0 aromatic heterocycles. The van der Waals surface area contributed by atoms with E-state index in [0.717, 1.165) is 57.6 Å². The SMILES string of the molecule is O=C(CC1CCN(Cc2ccc(F)c(F)c2)CC1)NC1CCOCC1. The average molecular weight is 352 g/mol. The van der Waals surface area contributed by atoms with E-state index in [1.807, 2.05) is 0 Å². The van der Waals surface area contributed by atoms with Gasteiger partial charge in [0.2, 0.25) is 5.91 Å². The topological polar surface area (TPSA) is 41.6 Å². The smallest absolute Gasteiger partial charge is 0.220 e. The third-order valence-corrected chi connectivity index (χ3v) is 5.16. The molecule has 2 heterocycles. The minimum absolute atomic E-state index is 0.144. The van der Waals surface area contributed by atoms with E-state index in [4.69, 9.17) is 4.74 Å². The van der Waals surface area contributed by atoms with Crippen LogP contribution in [0.5, 0.6) is 0 Å². The predicted molar refractivity (Wildman–Crippen MR) is 91.0 cm³/mol. The van der Waals surface area contributed by atoms with E-state index in [0.29, 0.717) is 18.9 Å². The zero-order valence-electron chi connectivity index (χ0n) is 14.5. The summed E-state index contributed by atoms with van der Waals surface area (Å²) in [5, 5.41) is 3.12. The Bertz CT molecular complexity index is 583. The third kappa shape index (κ3) is 5.47. The van der Waals surface area contributed by atoms with Crippen molar-refractivity contribution in [1.82, 2.24) is 10.2 Å². The van der Waals surface area contributed by atoms with Gasteiger partial charge < -0.3 is 10.1 Å². The first kappa shape index (κ1) is 18.3. The lowest BCUT2D eigenvalue weighted by molar-refractivity contribution is -0.123. The van der Waals surface area contributed by atoms with Gasteiger partial charge in [0.1, 0.15) is 0 Å². The number of carbonyl (C=O) groups is 1. The fourth-order valence-corrected chi connectivity index (χ4v) is 3.64. The largest absolute Gasteiger partial charge is 0.381 e. The van der Waals surface area contributed by atoms with Crippen LogP contribution >= 0.6 is 0 Å². The third-order valence-electron chi connectivity index (χ3n) is 5.16. The lowest BCUT2D eigenvalue weighted by Gasteiger charge is -2.32. The number of piperidine rings is 1. The van der Waals surface area contributed by atoms with E-state index in [1.54, 1.807) is 6.07 Å². The van der Waals surface area contributed by atoms with Crippen LogP contribution in [-0.2, 0) is 16.1 Å². The highest BCUT2D eigenvalue weighted by atomic mass is 19.2. The fourth-order valence-electron chi connectivity index (χ4n) is 3.64. The monoisotopic (exact) mass is 352 g/mol. The highest BCUT2D eigenvalue weighted by Crippen LogP contribution is 2.22. The Morgan fingerprint density at radius 1 is 1.12 bits per heavy atom. The quantitative estimate of drug-likeness (QED) is 0.886. The van der Waals surface area contributed by atoms with E-state index in [-0.39, 0.29) is 11.9 Å². The van der Waals surface area contributed by atoms with Crippen LogP contribution in [0.25, 0.3) is 0 Å². The van der Waals surface area contributed by atoms with Crippen molar-refractivity contribution in [2.45, 2.75) is 44.7 Å². The number of benzene rings is 1. The Kier molecular flexibility index (Phi) is 6.37. The van der Waals surface area contributed by atoms with Crippen LogP contribution in [0.4, 0.5) is 8.78 Å². The molecule has 2 aliphatic rings. The van der Waals surface area contributed by atoms with Gasteiger partial charge in [-0.2, -0.15) is 0 Å². The molecule has 0 aliphatic carbocycles. The van der Waals surface area contributed by atoms with Gasteiger partial charge in [-0.15, -0.1) is 0 Å². The van der Waals surface area contributed by atoms with Crippen LogP contribution in [0.15, 0.2) is 18.2 Å². The highest BCUT2D eigenvalue weighted by Gasteiger charge is 2.23. The number of halogens is 2. The zero-order valence-corrected chi connectivity index (χ0v) is 14.5. The summed E-state index contributed by atoms with van der Waals surface area (Å²) in [6.45, 7) is 3.85. The summed E-state index contributed by atoms with van der Waals surface area (Å²) in [5.74, 6) is -1.05. The lowest BCUT2D eigenvalue weighted by Crippen LogP contribution is -2.41. The maximum Gasteiger partial charge on any atom is 0.220 e. The Morgan fingerprint density at radius 3 is 2.52 bits per heavy atom. The molecule has 25 heavy (non-hydrogen) atoms. The van der Waals surface area contributed by atoms with Crippen LogP contribution in [-0.4, -0.2) is 43.2 Å². The molecule has 2 aliphatic heterocycles. The van der Waals surface area contributed by atoms with Gasteiger partial charge in [0, 0.05) is 32.2 Å². The molecule has 0 saturated carbocycles. The van der Waals surface area contributed by atoms with Gasteiger partial charge in [0.05, 0.1) is 0 Å². The maximum atomic E-state index is 13.3. The number of hydrogen-bond acceptors (Lipinski definition) is 3. The molecular formula is C19H26F2N2O2. The summed E-state index contributed by atoms with van der Waals surface area (Å²) in [6.07, 6.45) is 4.31. The second-order valence-corrected chi connectivity index (χ2v) is 7.13. The first-order chi connectivity index (χ1) is 12.1. The molecule has 1 N–H and O–H groups in total. The van der Waals surface area contributed by atoms with Crippen LogP contribution in [0, 0.1) is 17.6 Å². The van der Waals surface area contributed by atoms with Crippen molar-refractivity contribution in [3.8, 4) is 0 Å². The van der Waals surface area contributed by atoms with Gasteiger partial charge in [-0.1, -0.05) is 6.07 Å². The summed E-state index contributed by atoms with van der Waals surface area (Å²) in [4.78, 5) is 14.4. The molecule has 2 fully saturated rings. The summed E-state index contributed by atoms with van der Waals surface area (Å²) in [6, 6.07) is 4.34. The molecule has 0 bridgehead atoms. The molecule has 6 heteroatoms. The normalized spacial score (nSPS) is 20.6. The number of carbonyl (C=O) groups excluding carboxylic acids is 1. The second kappa shape index (κ2) is 8.72. The van der Waals surface area contributed by atoms with Crippen molar-refractivity contribution in [2.75, 3.05) is 26.3 Å². The summed E-state index contributed by atoms with van der Waals surface area (Å²) < 4.78 is 31.6. The molecule has 1 aromatic rings. The molecule has 0 atom stereocenters. The highest BCUT2D eigenvalue weighted by molar-refractivity contribution is 5.76. The maximum absolute atomic E-state index is 13.3. The van der Waals surface area contributed by atoms with E-state index >= 15 is 0 Å². The molecule has 1 aromatic carbocycles. The number of nitrogens with one attached hydrogen (secondary N) is 1. The van der Waals surface area contributed by atoms with Gasteiger partial charge in [0.15, 0.2) is 11.6 Å². The van der Waals surface area contributed by atoms with E-state index in [9.17, 15) is 13.6 Å². The minimum Gasteiger partial charge on any atom is -0.381 e. The molecule has 1 amide bonds. The molecular weight excluding hydrogens is 326 g/mol. The number of ether oxygens (including phenoxy) is 1. The van der Waals surface area contributed by atoms with Gasteiger partial charge in [0.25, 0.3) is 0 Å². The minimum atomic E-state index is -0.807. The Hall–Kier alpha value is -1.53. The lowest BCUT2D eigenvalue weighted by atomic mass is 9.92. The standard InChI is InChI=1S/C19H26F2N2O2/c20-17-2-1-15(11-18(17)21)13-23-7-3-14(4-8-23)12-19(24)22-16-5-9-25-10-6-16/h1-2,11,14,16H,3-10,12-13H2,(H,22,24). The van der Waals surface area contributed by atoms with Crippen LogP contribution < -0.4 is 5.32 Å². The first-order valence-electron chi connectivity index (χ1n) is 9.13. The second-order valence-electron chi connectivity index (χ2n) is 7.13. The van der Waals surface area contributed by atoms with Gasteiger partial charge in [-0.25, -0.2) is 8.78 Å². The number of nitrogens with zero attached hydrogens (tertiary/aromatic N) is 1. The zero-order chi connectivity index (χ0) is 17.6. The Labute approximate surface area is 147 Å². The number of likely N-dealkylation sites (tertiary alicyclic amines) is 1. The molecule has 0 unspecified atom stereocenters. The molecule has 0 radical (unpaired) electrons. The van der Waals surface area contributed by atoms with Crippen LogP contribution in [0.3, 0.4) is 0 Å². The van der Waals surface area contributed by atoms with Gasteiger partial charge in [-0.3, -0.25) is 9.69 Å². The molecule has 138 valence electrons. The molecule has 3 rings (SSSR count). The predicted octanol–water partition coefficient (Wildman–Crippen LogP) is 2.86. The van der Waals surface area contributed by atoms with Crippen LogP contribution in [0.1, 0.15) is 37.7 Å². The number of hydrogen-bond donors (Lipinski definition) is 1. The summed E-state index contributed by atoms with van der Waals surface area (Å²) in [5.41, 5.74) is 0.787. The fraction of sp³-hybridized carbons (Fsp3) is 0.632.